The molecule has 1 aromatic heterocycles. The SMILES string of the molecule is CCC1CCCCN1S(=O)(=O)c1ccc(C(=O)N=c2sc3cc(Cl)ccc3n2CCOC)cc1. The van der Waals surface area contributed by atoms with E-state index in [1.54, 1.807) is 17.5 Å². The number of hydrogen-bond donors (Lipinski definition) is 0. The molecule has 1 unspecified atom stereocenters. The Balaban J connectivity index is 1.64. The van der Waals surface area contributed by atoms with Crippen LogP contribution < -0.4 is 4.80 Å². The molecule has 0 aliphatic carbocycles. The fourth-order valence-corrected chi connectivity index (χ4v) is 7.38. The Hall–Kier alpha value is -2.04. The summed E-state index contributed by atoms with van der Waals surface area (Å²) in [6, 6.07) is 11.7. The molecule has 0 saturated carbocycles. The molecular weight excluding hydrogens is 494 g/mol. The lowest BCUT2D eigenvalue weighted by Gasteiger charge is -2.34. The maximum atomic E-state index is 13.2. The van der Waals surface area contributed by atoms with Crippen LogP contribution in [0.2, 0.25) is 5.02 Å². The molecule has 182 valence electrons. The first-order chi connectivity index (χ1) is 16.3. The summed E-state index contributed by atoms with van der Waals surface area (Å²) in [5.41, 5.74) is 1.25. The van der Waals surface area contributed by atoms with Crippen LogP contribution >= 0.6 is 22.9 Å². The number of methoxy groups -OCH3 is 1. The van der Waals surface area contributed by atoms with Crippen molar-refractivity contribution < 1.29 is 17.9 Å². The summed E-state index contributed by atoms with van der Waals surface area (Å²) in [5, 5.41) is 0.612. The number of fused-ring (bicyclic) bond motifs is 1. The second kappa shape index (κ2) is 10.7. The molecule has 0 bridgehead atoms. The van der Waals surface area contributed by atoms with Crippen molar-refractivity contribution >= 4 is 49.1 Å². The highest BCUT2D eigenvalue weighted by molar-refractivity contribution is 7.89. The van der Waals surface area contributed by atoms with Gasteiger partial charge in [-0.25, -0.2) is 8.42 Å². The van der Waals surface area contributed by atoms with Gasteiger partial charge in [-0.15, -0.1) is 0 Å². The van der Waals surface area contributed by atoms with Crippen molar-refractivity contribution in [2.75, 3.05) is 20.3 Å². The number of carbonyl (C=O) groups excluding carboxylic acids is 1. The molecule has 34 heavy (non-hydrogen) atoms. The lowest BCUT2D eigenvalue weighted by atomic mass is 10.0. The van der Waals surface area contributed by atoms with Gasteiger partial charge in [0.25, 0.3) is 5.91 Å². The minimum Gasteiger partial charge on any atom is -0.383 e. The lowest BCUT2D eigenvalue weighted by Crippen LogP contribution is -2.43. The molecule has 0 radical (unpaired) electrons. The van der Waals surface area contributed by atoms with Crippen LogP contribution in [0.1, 0.15) is 43.0 Å². The van der Waals surface area contributed by atoms with Gasteiger partial charge in [0.1, 0.15) is 0 Å². The second-order valence-electron chi connectivity index (χ2n) is 8.26. The van der Waals surface area contributed by atoms with Crippen LogP contribution in [-0.2, 0) is 21.3 Å². The minimum absolute atomic E-state index is 0.0269. The molecule has 0 N–H and O–H groups in total. The number of ether oxygens (including phenoxy) is 1. The van der Waals surface area contributed by atoms with E-state index in [0.29, 0.717) is 35.1 Å². The largest absolute Gasteiger partial charge is 0.383 e. The van der Waals surface area contributed by atoms with Crippen LogP contribution in [0.4, 0.5) is 0 Å². The summed E-state index contributed by atoms with van der Waals surface area (Å²) in [7, 11) is -1.98. The van der Waals surface area contributed by atoms with Gasteiger partial charge in [0, 0.05) is 36.8 Å². The minimum atomic E-state index is -3.60. The molecular formula is C24H28ClN3O4S2. The van der Waals surface area contributed by atoms with Crippen LogP contribution in [0.25, 0.3) is 10.2 Å². The Kier molecular flexibility index (Phi) is 7.89. The molecule has 2 aromatic carbocycles. The van der Waals surface area contributed by atoms with Crippen molar-refractivity contribution in [3.8, 4) is 0 Å². The van der Waals surface area contributed by atoms with Crippen LogP contribution in [0, 0.1) is 0 Å². The van der Waals surface area contributed by atoms with Crippen LogP contribution in [0.3, 0.4) is 0 Å². The lowest BCUT2D eigenvalue weighted by molar-refractivity contribution is 0.0997. The van der Waals surface area contributed by atoms with E-state index in [-0.39, 0.29) is 10.9 Å². The highest BCUT2D eigenvalue weighted by Gasteiger charge is 2.32. The Labute approximate surface area is 208 Å². The molecule has 1 amide bonds. The third-order valence-electron chi connectivity index (χ3n) is 6.11. The van der Waals surface area contributed by atoms with Gasteiger partial charge in [-0.1, -0.05) is 36.3 Å². The fraction of sp³-hybridized carbons (Fsp3) is 0.417. The number of amides is 1. The summed E-state index contributed by atoms with van der Waals surface area (Å²) in [5.74, 6) is -0.433. The highest BCUT2D eigenvalue weighted by atomic mass is 35.5. The molecule has 7 nitrogen and oxygen atoms in total. The number of halogens is 1. The molecule has 3 aromatic rings. The zero-order chi connectivity index (χ0) is 24.3. The normalized spacial score (nSPS) is 18.0. The smallest absolute Gasteiger partial charge is 0.279 e. The number of nitrogens with zero attached hydrogens (tertiary/aromatic N) is 3. The number of piperidine rings is 1. The molecule has 1 aliphatic rings. The van der Waals surface area contributed by atoms with Gasteiger partial charge in [0.15, 0.2) is 4.80 Å². The van der Waals surface area contributed by atoms with E-state index in [1.165, 1.54) is 35.6 Å². The molecule has 0 spiro atoms. The number of benzene rings is 2. The first-order valence-electron chi connectivity index (χ1n) is 11.3. The van der Waals surface area contributed by atoms with Crippen molar-refractivity contribution in [1.29, 1.82) is 0 Å². The summed E-state index contributed by atoms with van der Waals surface area (Å²) < 4.78 is 36.1. The molecule has 1 saturated heterocycles. The van der Waals surface area contributed by atoms with E-state index in [2.05, 4.69) is 4.99 Å². The number of rotatable bonds is 7. The van der Waals surface area contributed by atoms with E-state index < -0.39 is 15.9 Å². The van der Waals surface area contributed by atoms with Gasteiger partial charge in [0.05, 0.1) is 21.7 Å². The Morgan fingerprint density at radius 2 is 1.97 bits per heavy atom. The third kappa shape index (κ3) is 5.13. The molecule has 1 atom stereocenters. The van der Waals surface area contributed by atoms with Gasteiger partial charge < -0.3 is 9.30 Å². The zero-order valence-electron chi connectivity index (χ0n) is 19.2. The van der Waals surface area contributed by atoms with Gasteiger partial charge in [-0.05, 0) is 61.7 Å². The van der Waals surface area contributed by atoms with Gasteiger partial charge in [-0.2, -0.15) is 9.30 Å². The third-order valence-corrected chi connectivity index (χ3v) is 9.36. The number of sulfonamides is 1. The van der Waals surface area contributed by atoms with Crippen LogP contribution in [0.5, 0.6) is 0 Å². The Bertz CT molecular complexity index is 1350. The van der Waals surface area contributed by atoms with E-state index >= 15 is 0 Å². The maximum Gasteiger partial charge on any atom is 0.279 e. The van der Waals surface area contributed by atoms with E-state index in [1.807, 2.05) is 23.6 Å². The topological polar surface area (TPSA) is 81.0 Å². The first-order valence-corrected chi connectivity index (χ1v) is 14.0. The highest BCUT2D eigenvalue weighted by Crippen LogP contribution is 2.27. The number of aromatic nitrogens is 1. The van der Waals surface area contributed by atoms with Crippen molar-refractivity contribution in [3.63, 3.8) is 0 Å². The Morgan fingerprint density at radius 1 is 1.21 bits per heavy atom. The summed E-state index contributed by atoms with van der Waals surface area (Å²) in [6.45, 7) is 3.56. The van der Waals surface area contributed by atoms with Crippen molar-refractivity contribution in [2.24, 2.45) is 4.99 Å². The summed E-state index contributed by atoms with van der Waals surface area (Å²) >= 11 is 7.51. The van der Waals surface area contributed by atoms with E-state index in [0.717, 1.165) is 35.9 Å². The van der Waals surface area contributed by atoms with E-state index in [9.17, 15) is 13.2 Å². The first kappa shape index (κ1) is 25.1. The zero-order valence-corrected chi connectivity index (χ0v) is 21.6. The number of hydrogen-bond acceptors (Lipinski definition) is 5. The molecule has 2 heterocycles. The number of thiazole rings is 1. The predicted octanol–water partition coefficient (Wildman–Crippen LogP) is 4.70. The quantitative estimate of drug-likeness (QED) is 0.451. The monoisotopic (exact) mass is 521 g/mol. The van der Waals surface area contributed by atoms with Gasteiger partial charge >= 0.3 is 0 Å². The van der Waals surface area contributed by atoms with Crippen molar-refractivity contribution in [1.82, 2.24) is 8.87 Å². The summed E-state index contributed by atoms with van der Waals surface area (Å²) in [4.78, 5) is 18.0. The summed E-state index contributed by atoms with van der Waals surface area (Å²) in [6.07, 6.45) is 3.59. The van der Waals surface area contributed by atoms with Crippen molar-refractivity contribution in [3.05, 3.63) is 57.9 Å². The Morgan fingerprint density at radius 3 is 2.68 bits per heavy atom. The molecule has 10 heteroatoms. The average molecular weight is 522 g/mol. The van der Waals surface area contributed by atoms with E-state index in [4.69, 9.17) is 16.3 Å². The van der Waals surface area contributed by atoms with Gasteiger partial charge in [-0.3, -0.25) is 4.79 Å². The molecule has 1 aliphatic heterocycles. The molecule has 4 rings (SSSR count). The second-order valence-corrected chi connectivity index (χ2v) is 11.6. The average Bonchev–Trinajstić information content (AvgIpc) is 3.18. The maximum absolute atomic E-state index is 13.2. The van der Waals surface area contributed by atoms with Gasteiger partial charge in [0.2, 0.25) is 10.0 Å². The van der Waals surface area contributed by atoms with Crippen LogP contribution in [0.15, 0.2) is 52.4 Å². The standard InChI is InChI=1S/C24H28ClN3O4S2/c1-3-19-6-4-5-13-28(19)34(30,31)20-10-7-17(8-11-20)23(29)26-24-27(14-15-32-2)21-12-9-18(25)16-22(21)33-24/h7-12,16,19H,3-6,13-15H2,1-2H3. The van der Waals surface area contributed by atoms with Crippen molar-refractivity contribution in [2.45, 2.75) is 50.1 Å². The fourth-order valence-electron chi connectivity index (χ4n) is 4.29. The number of carbonyl (C=O) groups is 1. The molecule has 1 fully saturated rings. The predicted molar refractivity (Wildman–Crippen MR) is 135 cm³/mol. The van der Waals surface area contributed by atoms with Crippen LogP contribution in [-0.4, -0.2) is 49.5 Å².